The van der Waals surface area contributed by atoms with E-state index in [1.165, 1.54) is 43.7 Å². The largest absolute Gasteiger partial charge is 0.310 e. The summed E-state index contributed by atoms with van der Waals surface area (Å²) in [4.78, 5) is 2.53. The molecule has 0 spiro atoms. The first-order chi connectivity index (χ1) is 9.40. The molecule has 1 saturated heterocycles. The molecule has 20 heavy (non-hydrogen) atoms. The van der Waals surface area contributed by atoms with E-state index in [0.717, 1.165) is 6.54 Å². The quantitative estimate of drug-likeness (QED) is 0.917. The summed E-state index contributed by atoms with van der Waals surface area (Å²) in [7, 11) is 2.01. The fourth-order valence-electron chi connectivity index (χ4n) is 3.01. The number of nitrogens with one attached hydrogen (secondary N) is 1. The zero-order valence-corrected chi connectivity index (χ0v) is 13.7. The molecule has 2 rings (SSSR count). The summed E-state index contributed by atoms with van der Waals surface area (Å²) >= 11 is 0. The van der Waals surface area contributed by atoms with Crippen molar-refractivity contribution < 1.29 is 0 Å². The van der Waals surface area contributed by atoms with E-state index < -0.39 is 0 Å². The third-order valence-corrected chi connectivity index (χ3v) is 4.23. The first kappa shape index (κ1) is 15.5. The average Bonchev–Trinajstić information content (AvgIpc) is 2.78. The molecule has 1 aromatic heterocycles. The van der Waals surface area contributed by atoms with Crippen LogP contribution in [0.25, 0.3) is 0 Å². The van der Waals surface area contributed by atoms with E-state index in [0.29, 0.717) is 6.04 Å². The number of likely N-dealkylation sites (tertiary alicyclic amines) is 1. The summed E-state index contributed by atoms with van der Waals surface area (Å²) in [5.41, 5.74) is 2.68. The van der Waals surface area contributed by atoms with Gasteiger partial charge in [0.1, 0.15) is 0 Å². The molecule has 0 radical (unpaired) electrons. The number of hydrogen-bond donors (Lipinski definition) is 1. The van der Waals surface area contributed by atoms with Crippen molar-refractivity contribution in [2.75, 3.05) is 19.6 Å². The topological polar surface area (TPSA) is 33.1 Å². The van der Waals surface area contributed by atoms with E-state index in [4.69, 9.17) is 0 Å². The van der Waals surface area contributed by atoms with Crippen molar-refractivity contribution in [3.05, 3.63) is 17.5 Å². The van der Waals surface area contributed by atoms with Crippen LogP contribution in [-0.4, -0.2) is 40.4 Å². The third kappa shape index (κ3) is 3.83. The van der Waals surface area contributed by atoms with Gasteiger partial charge in [-0.05, 0) is 32.5 Å². The van der Waals surface area contributed by atoms with Gasteiger partial charge >= 0.3 is 0 Å². The molecule has 0 aromatic carbocycles. The van der Waals surface area contributed by atoms with Gasteiger partial charge in [0.15, 0.2) is 0 Å². The highest BCUT2D eigenvalue weighted by molar-refractivity contribution is 5.24. The highest BCUT2D eigenvalue weighted by atomic mass is 15.3. The van der Waals surface area contributed by atoms with Gasteiger partial charge in [0.25, 0.3) is 0 Å². The number of aromatic nitrogens is 2. The predicted molar refractivity (Wildman–Crippen MR) is 83.9 cm³/mol. The highest BCUT2D eigenvalue weighted by Gasteiger charge is 2.23. The molecule has 1 fully saturated rings. The van der Waals surface area contributed by atoms with Crippen molar-refractivity contribution in [3.8, 4) is 0 Å². The number of nitrogens with zero attached hydrogens (tertiary/aromatic N) is 3. The third-order valence-electron chi connectivity index (χ3n) is 4.23. The first-order valence-electron chi connectivity index (χ1n) is 7.89. The summed E-state index contributed by atoms with van der Waals surface area (Å²) < 4.78 is 1.94. The Morgan fingerprint density at radius 2 is 1.95 bits per heavy atom. The molecular weight excluding hydrogens is 248 g/mol. The van der Waals surface area contributed by atoms with Crippen LogP contribution in [0.1, 0.15) is 51.8 Å². The lowest BCUT2D eigenvalue weighted by Crippen LogP contribution is -2.42. The van der Waals surface area contributed by atoms with Crippen LogP contribution in [0.15, 0.2) is 6.20 Å². The summed E-state index contributed by atoms with van der Waals surface area (Å²) in [6, 6.07) is 0.658. The minimum absolute atomic E-state index is 0.115. The SMILES string of the molecule is CCN1CCC(NCc2cn(C)nc2C(C)(C)C)CC1. The molecule has 4 heteroatoms. The highest BCUT2D eigenvalue weighted by Crippen LogP contribution is 2.24. The second-order valence-corrected chi connectivity index (χ2v) is 7.02. The van der Waals surface area contributed by atoms with Crippen LogP contribution in [0.5, 0.6) is 0 Å². The number of hydrogen-bond acceptors (Lipinski definition) is 3. The van der Waals surface area contributed by atoms with E-state index in [1.54, 1.807) is 0 Å². The molecular formula is C16H30N4. The number of rotatable bonds is 4. The molecule has 1 aromatic rings. The van der Waals surface area contributed by atoms with Crippen molar-refractivity contribution in [1.82, 2.24) is 20.0 Å². The molecule has 4 nitrogen and oxygen atoms in total. The van der Waals surface area contributed by atoms with Gasteiger partial charge < -0.3 is 10.2 Å². The molecule has 0 atom stereocenters. The Morgan fingerprint density at radius 1 is 1.30 bits per heavy atom. The molecule has 0 unspecified atom stereocenters. The summed E-state index contributed by atoms with van der Waals surface area (Å²) in [6.45, 7) is 13.5. The van der Waals surface area contributed by atoms with Gasteiger partial charge in [0.2, 0.25) is 0 Å². The van der Waals surface area contributed by atoms with Crippen molar-refractivity contribution >= 4 is 0 Å². The summed E-state index contributed by atoms with van der Waals surface area (Å²) in [6.07, 6.45) is 4.69. The fraction of sp³-hybridized carbons (Fsp3) is 0.812. The average molecular weight is 278 g/mol. The standard InChI is InChI=1S/C16H30N4/c1-6-20-9-7-14(8-10-20)17-11-13-12-19(5)18-15(13)16(2,3)4/h12,14,17H,6-11H2,1-5H3. The lowest BCUT2D eigenvalue weighted by molar-refractivity contribution is 0.205. The normalized spacial score (nSPS) is 18.6. The van der Waals surface area contributed by atoms with Gasteiger partial charge in [-0.1, -0.05) is 27.7 Å². The Kier molecular flexibility index (Phi) is 4.86. The number of aryl methyl sites for hydroxylation is 1. The monoisotopic (exact) mass is 278 g/mol. The smallest absolute Gasteiger partial charge is 0.0722 e. The van der Waals surface area contributed by atoms with E-state index in [1.807, 2.05) is 11.7 Å². The van der Waals surface area contributed by atoms with Gasteiger partial charge in [-0.15, -0.1) is 0 Å². The van der Waals surface area contributed by atoms with E-state index >= 15 is 0 Å². The minimum atomic E-state index is 0.115. The van der Waals surface area contributed by atoms with Crippen LogP contribution in [0.4, 0.5) is 0 Å². The second kappa shape index (κ2) is 6.27. The number of piperidine rings is 1. The molecule has 0 amide bonds. The van der Waals surface area contributed by atoms with E-state index in [9.17, 15) is 0 Å². The minimum Gasteiger partial charge on any atom is -0.310 e. The van der Waals surface area contributed by atoms with E-state index in [2.05, 4.69) is 49.2 Å². The maximum absolute atomic E-state index is 4.64. The van der Waals surface area contributed by atoms with Gasteiger partial charge in [0, 0.05) is 36.8 Å². The van der Waals surface area contributed by atoms with Crippen molar-refractivity contribution in [1.29, 1.82) is 0 Å². The summed E-state index contributed by atoms with van der Waals surface area (Å²) in [5.74, 6) is 0. The van der Waals surface area contributed by atoms with Crippen LogP contribution in [0.2, 0.25) is 0 Å². The maximum Gasteiger partial charge on any atom is 0.0722 e. The van der Waals surface area contributed by atoms with E-state index in [-0.39, 0.29) is 5.41 Å². The van der Waals surface area contributed by atoms with Crippen LogP contribution in [-0.2, 0) is 19.0 Å². The fourth-order valence-corrected chi connectivity index (χ4v) is 3.01. The van der Waals surface area contributed by atoms with Gasteiger partial charge in [-0.25, -0.2) is 0 Å². The molecule has 1 N–H and O–H groups in total. The zero-order chi connectivity index (χ0) is 14.8. The molecule has 0 saturated carbocycles. The predicted octanol–water partition coefficient (Wildman–Crippen LogP) is 2.29. The Balaban J connectivity index is 1.92. The second-order valence-electron chi connectivity index (χ2n) is 7.02. The Bertz CT molecular complexity index is 422. The molecule has 114 valence electrons. The van der Waals surface area contributed by atoms with Crippen molar-refractivity contribution in [2.45, 2.75) is 58.5 Å². The molecule has 0 bridgehead atoms. The maximum atomic E-state index is 4.64. The first-order valence-corrected chi connectivity index (χ1v) is 7.89. The molecule has 2 heterocycles. The Morgan fingerprint density at radius 3 is 2.50 bits per heavy atom. The molecule has 0 aliphatic carbocycles. The van der Waals surface area contributed by atoms with Crippen LogP contribution < -0.4 is 5.32 Å². The van der Waals surface area contributed by atoms with Crippen LogP contribution in [0.3, 0.4) is 0 Å². The molecule has 1 aliphatic heterocycles. The Hall–Kier alpha value is -0.870. The van der Waals surface area contributed by atoms with Gasteiger partial charge in [-0.3, -0.25) is 4.68 Å². The zero-order valence-electron chi connectivity index (χ0n) is 13.7. The Labute approximate surface area is 123 Å². The summed E-state index contributed by atoms with van der Waals surface area (Å²) in [5, 5.41) is 8.37. The van der Waals surface area contributed by atoms with Crippen LogP contribution in [0, 0.1) is 0 Å². The van der Waals surface area contributed by atoms with Gasteiger partial charge in [-0.2, -0.15) is 5.10 Å². The van der Waals surface area contributed by atoms with Crippen molar-refractivity contribution in [3.63, 3.8) is 0 Å². The van der Waals surface area contributed by atoms with Crippen molar-refractivity contribution in [2.24, 2.45) is 7.05 Å². The lowest BCUT2D eigenvalue weighted by atomic mass is 9.89. The van der Waals surface area contributed by atoms with Crippen LogP contribution >= 0.6 is 0 Å². The molecule has 1 aliphatic rings. The van der Waals surface area contributed by atoms with Gasteiger partial charge in [0.05, 0.1) is 5.69 Å². The lowest BCUT2D eigenvalue weighted by Gasteiger charge is -2.31.